The van der Waals surface area contributed by atoms with E-state index in [4.69, 9.17) is 0 Å². The summed E-state index contributed by atoms with van der Waals surface area (Å²) in [6.45, 7) is 3.14. The maximum Gasteiger partial charge on any atom is 0.137 e. The second kappa shape index (κ2) is 5.99. The highest BCUT2D eigenvalue weighted by Crippen LogP contribution is 2.17. The average molecular weight is 222 g/mol. The first-order chi connectivity index (χ1) is 7.84. The van der Waals surface area contributed by atoms with Crippen molar-refractivity contribution >= 4 is 0 Å². The van der Waals surface area contributed by atoms with Crippen LogP contribution in [0.4, 0.5) is 0 Å². The summed E-state index contributed by atoms with van der Waals surface area (Å²) in [6.07, 6.45) is 11.6. The first kappa shape index (κ1) is 11.6. The molecule has 0 aromatic carbocycles. The maximum absolute atomic E-state index is 4.13. The van der Waals surface area contributed by atoms with E-state index in [9.17, 15) is 0 Å². The van der Waals surface area contributed by atoms with Crippen molar-refractivity contribution in [2.75, 3.05) is 0 Å². The van der Waals surface area contributed by atoms with Crippen LogP contribution in [-0.4, -0.2) is 26.8 Å². The summed E-state index contributed by atoms with van der Waals surface area (Å²) in [5.41, 5.74) is 0. The van der Waals surface area contributed by atoms with E-state index in [0.717, 1.165) is 6.54 Å². The Morgan fingerprint density at radius 1 is 1.31 bits per heavy atom. The van der Waals surface area contributed by atoms with Crippen LogP contribution in [0, 0.1) is 0 Å². The third-order valence-electron chi connectivity index (χ3n) is 3.30. The summed E-state index contributed by atoms with van der Waals surface area (Å²) in [5, 5.41) is 7.84. The fraction of sp³-hybridized carbons (Fsp3) is 0.833. The van der Waals surface area contributed by atoms with Crippen LogP contribution < -0.4 is 5.32 Å². The molecule has 1 fully saturated rings. The van der Waals surface area contributed by atoms with Gasteiger partial charge in [-0.15, -0.1) is 0 Å². The molecule has 1 unspecified atom stereocenters. The highest BCUT2D eigenvalue weighted by molar-refractivity contribution is 4.74. The van der Waals surface area contributed by atoms with Gasteiger partial charge in [-0.25, -0.2) is 4.98 Å². The largest absolute Gasteiger partial charge is 0.310 e. The molecule has 1 atom stereocenters. The van der Waals surface area contributed by atoms with Gasteiger partial charge in [0.25, 0.3) is 0 Å². The van der Waals surface area contributed by atoms with Gasteiger partial charge in [0.15, 0.2) is 0 Å². The van der Waals surface area contributed by atoms with Crippen molar-refractivity contribution in [3.05, 3.63) is 12.7 Å². The summed E-state index contributed by atoms with van der Waals surface area (Å²) in [6, 6.07) is 1.19. The minimum Gasteiger partial charge on any atom is -0.310 e. The minimum atomic E-state index is 0.477. The number of rotatable bonds is 4. The molecule has 1 aliphatic carbocycles. The van der Waals surface area contributed by atoms with E-state index in [-0.39, 0.29) is 0 Å². The van der Waals surface area contributed by atoms with Crippen molar-refractivity contribution in [1.29, 1.82) is 0 Å². The number of hydrogen-bond acceptors (Lipinski definition) is 3. The molecular weight excluding hydrogens is 200 g/mol. The van der Waals surface area contributed by atoms with Gasteiger partial charge >= 0.3 is 0 Å². The van der Waals surface area contributed by atoms with E-state index >= 15 is 0 Å². The standard InChI is InChI=1S/C12H22N4/c1-11(8-16-10-13-9-14-16)15-12-6-4-2-3-5-7-12/h9-12,15H,2-8H2,1H3. The summed E-state index contributed by atoms with van der Waals surface area (Å²) in [5.74, 6) is 0. The van der Waals surface area contributed by atoms with Gasteiger partial charge in [-0.05, 0) is 19.8 Å². The Hall–Kier alpha value is -0.900. The second-order valence-electron chi connectivity index (χ2n) is 4.87. The normalized spacial score (nSPS) is 20.6. The van der Waals surface area contributed by atoms with Crippen LogP contribution in [0.25, 0.3) is 0 Å². The molecule has 1 aliphatic rings. The quantitative estimate of drug-likeness (QED) is 0.792. The Bertz CT molecular complexity index is 275. The van der Waals surface area contributed by atoms with Crippen LogP contribution in [0.2, 0.25) is 0 Å². The topological polar surface area (TPSA) is 42.7 Å². The Labute approximate surface area is 97.5 Å². The highest BCUT2D eigenvalue weighted by Gasteiger charge is 2.14. The predicted octanol–water partition coefficient (Wildman–Crippen LogP) is 1.98. The van der Waals surface area contributed by atoms with Crippen LogP contribution in [0.15, 0.2) is 12.7 Å². The molecule has 4 nitrogen and oxygen atoms in total. The molecule has 0 radical (unpaired) electrons. The van der Waals surface area contributed by atoms with Crippen LogP contribution >= 0.6 is 0 Å². The molecule has 1 aromatic rings. The van der Waals surface area contributed by atoms with E-state index in [1.165, 1.54) is 38.5 Å². The molecule has 0 saturated heterocycles. The Morgan fingerprint density at radius 3 is 2.69 bits per heavy atom. The van der Waals surface area contributed by atoms with Crippen molar-refractivity contribution < 1.29 is 0 Å². The predicted molar refractivity (Wildman–Crippen MR) is 64.1 cm³/mol. The molecule has 90 valence electrons. The zero-order valence-electron chi connectivity index (χ0n) is 10.1. The molecule has 1 N–H and O–H groups in total. The monoisotopic (exact) mass is 222 g/mol. The molecule has 0 bridgehead atoms. The van der Waals surface area contributed by atoms with E-state index in [0.29, 0.717) is 12.1 Å². The van der Waals surface area contributed by atoms with Crippen molar-refractivity contribution in [3.63, 3.8) is 0 Å². The number of nitrogens with one attached hydrogen (secondary N) is 1. The Kier molecular flexibility index (Phi) is 4.34. The highest BCUT2D eigenvalue weighted by atomic mass is 15.3. The second-order valence-corrected chi connectivity index (χ2v) is 4.87. The SMILES string of the molecule is CC(Cn1cncn1)NC1CCCCCC1. The third kappa shape index (κ3) is 3.59. The van der Waals surface area contributed by atoms with Gasteiger partial charge in [0.05, 0.1) is 6.54 Å². The summed E-state index contributed by atoms with van der Waals surface area (Å²) >= 11 is 0. The molecule has 1 saturated carbocycles. The molecule has 0 aliphatic heterocycles. The van der Waals surface area contributed by atoms with E-state index < -0.39 is 0 Å². The first-order valence-electron chi connectivity index (χ1n) is 6.43. The molecular formula is C12H22N4. The smallest absolute Gasteiger partial charge is 0.137 e. The summed E-state index contributed by atoms with van der Waals surface area (Å²) in [7, 11) is 0. The third-order valence-corrected chi connectivity index (χ3v) is 3.30. The van der Waals surface area contributed by atoms with Gasteiger partial charge in [0.2, 0.25) is 0 Å². The number of aromatic nitrogens is 3. The fourth-order valence-electron chi connectivity index (χ4n) is 2.51. The van der Waals surface area contributed by atoms with Gasteiger partial charge in [0.1, 0.15) is 12.7 Å². The van der Waals surface area contributed by atoms with E-state index in [1.54, 1.807) is 12.7 Å². The van der Waals surface area contributed by atoms with Gasteiger partial charge in [-0.3, -0.25) is 4.68 Å². The van der Waals surface area contributed by atoms with Gasteiger partial charge in [-0.1, -0.05) is 25.7 Å². The molecule has 4 heteroatoms. The van der Waals surface area contributed by atoms with Crippen LogP contribution in [0.5, 0.6) is 0 Å². The van der Waals surface area contributed by atoms with E-state index in [1.807, 2.05) is 4.68 Å². The fourth-order valence-corrected chi connectivity index (χ4v) is 2.51. The Balaban J connectivity index is 1.75. The lowest BCUT2D eigenvalue weighted by Crippen LogP contribution is -2.38. The van der Waals surface area contributed by atoms with Crippen LogP contribution in [0.3, 0.4) is 0 Å². The average Bonchev–Trinajstić information content (AvgIpc) is 2.62. The van der Waals surface area contributed by atoms with Gasteiger partial charge < -0.3 is 5.32 Å². The lowest BCUT2D eigenvalue weighted by Gasteiger charge is -2.21. The maximum atomic E-state index is 4.13. The van der Waals surface area contributed by atoms with E-state index in [2.05, 4.69) is 22.3 Å². The lowest BCUT2D eigenvalue weighted by molar-refractivity contribution is 0.369. The van der Waals surface area contributed by atoms with Crippen molar-refractivity contribution in [2.45, 2.75) is 64.1 Å². The molecule has 16 heavy (non-hydrogen) atoms. The number of nitrogens with zero attached hydrogens (tertiary/aromatic N) is 3. The minimum absolute atomic E-state index is 0.477. The van der Waals surface area contributed by atoms with Crippen LogP contribution in [0.1, 0.15) is 45.4 Å². The molecule has 1 heterocycles. The molecule has 1 aromatic heterocycles. The summed E-state index contributed by atoms with van der Waals surface area (Å²) in [4.78, 5) is 3.96. The van der Waals surface area contributed by atoms with Gasteiger partial charge in [0, 0.05) is 12.1 Å². The zero-order valence-corrected chi connectivity index (χ0v) is 10.1. The van der Waals surface area contributed by atoms with Crippen molar-refractivity contribution in [2.24, 2.45) is 0 Å². The van der Waals surface area contributed by atoms with Gasteiger partial charge in [-0.2, -0.15) is 5.10 Å². The Morgan fingerprint density at radius 2 is 2.06 bits per heavy atom. The van der Waals surface area contributed by atoms with Crippen molar-refractivity contribution in [3.8, 4) is 0 Å². The number of hydrogen-bond donors (Lipinski definition) is 1. The molecule has 0 amide bonds. The lowest BCUT2D eigenvalue weighted by atomic mass is 10.1. The zero-order chi connectivity index (χ0) is 11.2. The molecule has 2 rings (SSSR count). The summed E-state index contributed by atoms with van der Waals surface area (Å²) < 4.78 is 1.90. The molecule has 0 spiro atoms. The van der Waals surface area contributed by atoms with Crippen molar-refractivity contribution in [1.82, 2.24) is 20.1 Å². The first-order valence-corrected chi connectivity index (χ1v) is 6.43. The van der Waals surface area contributed by atoms with Crippen LogP contribution in [-0.2, 0) is 6.54 Å².